The summed E-state index contributed by atoms with van der Waals surface area (Å²) in [4.78, 5) is 11.5. The van der Waals surface area contributed by atoms with E-state index in [0.29, 0.717) is 5.03 Å². The second kappa shape index (κ2) is 3.15. The highest BCUT2D eigenvalue weighted by molar-refractivity contribution is 9.10. The summed E-state index contributed by atoms with van der Waals surface area (Å²) < 4.78 is 1.03. The number of nitrogens with one attached hydrogen (secondary N) is 1. The lowest BCUT2D eigenvalue weighted by molar-refractivity contribution is 1.10. The van der Waals surface area contributed by atoms with Gasteiger partial charge in [-0.1, -0.05) is 21.0 Å². The van der Waals surface area contributed by atoms with Crippen molar-refractivity contribution < 1.29 is 0 Å². The first kappa shape index (κ1) is 9.06. The summed E-state index contributed by atoms with van der Waals surface area (Å²) in [7, 11) is 0. The van der Waals surface area contributed by atoms with Crippen LogP contribution in [-0.2, 0) is 12.6 Å². The maximum absolute atomic E-state index is 5.13. The first-order chi connectivity index (χ1) is 7.25. The molecule has 2 heterocycles. The van der Waals surface area contributed by atoms with Gasteiger partial charge in [0.1, 0.15) is 6.33 Å². The molecule has 0 spiro atoms. The van der Waals surface area contributed by atoms with E-state index in [2.05, 4.69) is 30.9 Å². The van der Waals surface area contributed by atoms with Gasteiger partial charge in [0.2, 0.25) is 0 Å². The van der Waals surface area contributed by atoms with Gasteiger partial charge in [-0.15, -0.1) is 0 Å². The molecule has 3 nitrogen and oxygen atoms in total. The maximum Gasteiger partial charge on any atom is 0.114 e. The van der Waals surface area contributed by atoms with Crippen LogP contribution < -0.4 is 0 Å². The summed E-state index contributed by atoms with van der Waals surface area (Å²) in [6.07, 6.45) is 1.50. The Labute approximate surface area is 99.5 Å². The van der Waals surface area contributed by atoms with Crippen LogP contribution in [0.3, 0.4) is 0 Å². The van der Waals surface area contributed by atoms with Crippen LogP contribution in [0.1, 0.15) is 0 Å². The summed E-state index contributed by atoms with van der Waals surface area (Å²) in [6, 6.07) is 6.00. The normalized spacial score (nSPS) is 11.3. The van der Waals surface area contributed by atoms with Crippen LogP contribution in [0.4, 0.5) is 0 Å². The zero-order valence-electron chi connectivity index (χ0n) is 7.49. The molecule has 0 saturated carbocycles. The third-order valence-electron chi connectivity index (χ3n) is 2.31. The molecule has 15 heavy (non-hydrogen) atoms. The molecule has 0 saturated heterocycles. The number of rotatable bonds is 0. The van der Waals surface area contributed by atoms with Crippen LogP contribution in [0, 0.1) is 0 Å². The molecule has 1 aromatic carbocycles. The molecule has 0 aliphatic carbocycles. The second-order valence-corrected chi connectivity index (χ2v) is 4.52. The minimum absolute atomic E-state index is 0.562. The minimum Gasteiger partial charge on any atom is -0.758 e. The van der Waals surface area contributed by atoms with Crippen LogP contribution in [0.5, 0.6) is 0 Å². The Balaban J connectivity index is 2.58. The van der Waals surface area contributed by atoms with E-state index in [1.165, 1.54) is 6.33 Å². The SMILES string of the molecule is [S-]c1ncnc2c1[nH]c1ccc(Br)cc12. The molecule has 3 aromatic rings. The number of nitrogens with zero attached hydrogens (tertiary/aromatic N) is 2. The molecule has 0 unspecified atom stereocenters. The summed E-state index contributed by atoms with van der Waals surface area (Å²) in [5.41, 5.74) is 2.74. The van der Waals surface area contributed by atoms with Gasteiger partial charge in [-0.2, -0.15) is 0 Å². The van der Waals surface area contributed by atoms with Crippen molar-refractivity contribution in [1.82, 2.24) is 15.0 Å². The molecule has 74 valence electrons. The van der Waals surface area contributed by atoms with Crippen molar-refractivity contribution in [2.45, 2.75) is 5.03 Å². The lowest BCUT2D eigenvalue weighted by Gasteiger charge is -2.02. The summed E-state index contributed by atoms with van der Waals surface area (Å²) >= 11 is 8.57. The molecule has 0 bridgehead atoms. The Morgan fingerprint density at radius 1 is 1.27 bits per heavy atom. The Kier molecular flexibility index (Phi) is 1.90. The monoisotopic (exact) mass is 278 g/mol. The molecule has 2 aromatic heterocycles. The van der Waals surface area contributed by atoms with Gasteiger partial charge >= 0.3 is 0 Å². The van der Waals surface area contributed by atoms with Gasteiger partial charge in [0, 0.05) is 15.4 Å². The zero-order chi connectivity index (χ0) is 10.4. The van der Waals surface area contributed by atoms with E-state index in [9.17, 15) is 0 Å². The van der Waals surface area contributed by atoms with Gasteiger partial charge in [-0.3, -0.25) is 4.98 Å². The average molecular weight is 279 g/mol. The Bertz CT molecular complexity index is 662. The van der Waals surface area contributed by atoms with E-state index in [-0.39, 0.29) is 0 Å². The molecule has 5 heteroatoms. The minimum atomic E-state index is 0.562. The van der Waals surface area contributed by atoms with Crippen LogP contribution >= 0.6 is 15.9 Å². The van der Waals surface area contributed by atoms with Crippen molar-refractivity contribution >= 4 is 50.5 Å². The Morgan fingerprint density at radius 3 is 3.00 bits per heavy atom. The number of aromatic nitrogens is 3. The highest BCUT2D eigenvalue weighted by atomic mass is 79.9. The molecular weight excluding hydrogens is 274 g/mol. The molecule has 0 radical (unpaired) electrons. The predicted molar refractivity (Wildman–Crippen MR) is 64.7 cm³/mol. The van der Waals surface area contributed by atoms with E-state index >= 15 is 0 Å². The molecule has 0 atom stereocenters. The molecule has 0 aliphatic heterocycles. The fraction of sp³-hybridized carbons (Fsp3) is 0. The third kappa shape index (κ3) is 1.31. The molecule has 1 N–H and O–H groups in total. The lowest BCUT2D eigenvalue weighted by Crippen LogP contribution is -1.83. The number of hydrogen-bond acceptors (Lipinski definition) is 3. The van der Waals surface area contributed by atoms with Crippen LogP contribution in [0.2, 0.25) is 0 Å². The number of fused-ring (bicyclic) bond motifs is 3. The number of aromatic amines is 1. The van der Waals surface area contributed by atoms with Crippen LogP contribution in [0.25, 0.3) is 21.9 Å². The number of halogens is 1. The van der Waals surface area contributed by atoms with Crippen LogP contribution in [-0.4, -0.2) is 15.0 Å². The van der Waals surface area contributed by atoms with E-state index < -0.39 is 0 Å². The van der Waals surface area contributed by atoms with Crippen LogP contribution in [0.15, 0.2) is 34.0 Å². The van der Waals surface area contributed by atoms with Gasteiger partial charge in [-0.25, -0.2) is 4.98 Å². The van der Waals surface area contributed by atoms with E-state index in [4.69, 9.17) is 12.6 Å². The highest BCUT2D eigenvalue weighted by Gasteiger charge is 2.05. The first-order valence-electron chi connectivity index (χ1n) is 4.34. The molecule has 3 rings (SSSR count). The van der Waals surface area contributed by atoms with Crippen molar-refractivity contribution in [2.75, 3.05) is 0 Å². The summed E-state index contributed by atoms with van der Waals surface area (Å²) in [6.45, 7) is 0. The van der Waals surface area contributed by atoms with Gasteiger partial charge in [0.25, 0.3) is 0 Å². The highest BCUT2D eigenvalue weighted by Crippen LogP contribution is 2.27. The molecule has 0 amide bonds. The average Bonchev–Trinajstić information content (AvgIpc) is 2.58. The smallest absolute Gasteiger partial charge is 0.114 e. The van der Waals surface area contributed by atoms with E-state index in [1.54, 1.807) is 0 Å². The van der Waals surface area contributed by atoms with Crippen molar-refractivity contribution in [2.24, 2.45) is 0 Å². The van der Waals surface area contributed by atoms with Crippen molar-refractivity contribution in [1.29, 1.82) is 0 Å². The quantitative estimate of drug-likeness (QED) is 0.508. The fourth-order valence-electron chi connectivity index (χ4n) is 1.64. The van der Waals surface area contributed by atoms with E-state index in [0.717, 1.165) is 26.4 Å². The molecular formula is C10H5BrN3S-. The summed E-state index contributed by atoms with van der Waals surface area (Å²) in [5.74, 6) is 0. The molecule has 0 fully saturated rings. The topological polar surface area (TPSA) is 41.6 Å². The predicted octanol–water partition coefficient (Wildman–Crippen LogP) is 2.78. The van der Waals surface area contributed by atoms with Gasteiger partial charge in [0.05, 0.1) is 11.0 Å². The third-order valence-corrected chi connectivity index (χ3v) is 3.11. The lowest BCUT2D eigenvalue weighted by atomic mass is 10.2. The number of benzene rings is 1. The Hall–Kier alpha value is -1.20. The largest absolute Gasteiger partial charge is 0.758 e. The maximum atomic E-state index is 5.13. The number of H-pyrrole nitrogens is 1. The zero-order valence-corrected chi connectivity index (χ0v) is 9.89. The Morgan fingerprint density at radius 2 is 2.13 bits per heavy atom. The van der Waals surface area contributed by atoms with Crippen molar-refractivity contribution in [3.63, 3.8) is 0 Å². The number of hydrogen-bond donors (Lipinski definition) is 1. The standard InChI is InChI=1S/C10H6BrN3S/c11-5-1-2-7-6(3-5)8-9(14-7)10(15)13-4-12-8/h1-4,14H,(H,12,13,15)/p-1. The van der Waals surface area contributed by atoms with Gasteiger partial charge in [-0.05, 0) is 18.2 Å². The van der Waals surface area contributed by atoms with Crippen molar-refractivity contribution in [3.05, 3.63) is 29.0 Å². The second-order valence-electron chi connectivity index (χ2n) is 3.22. The van der Waals surface area contributed by atoms with Gasteiger partial charge in [0.15, 0.2) is 0 Å². The van der Waals surface area contributed by atoms with E-state index in [1.807, 2.05) is 18.2 Å². The van der Waals surface area contributed by atoms with Gasteiger partial charge < -0.3 is 17.6 Å². The van der Waals surface area contributed by atoms with Crippen molar-refractivity contribution in [3.8, 4) is 0 Å². The first-order valence-corrected chi connectivity index (χ1v) is 5.55. The fourth-order valence-corrected chi connectivity index (χ4v) is 2.20. The molecule has 0 aliphatic rings. The summed E-state index contributed by atoms with van der Waals surface area (Å²) in [5, 5.41) is 1.63.